The van der Waals surface area contributed by atoms with Crippen LogP contribution in [0.4, 0.5) is 0 Å². The molecule has 4 heteroatoms. The number of H-pyrrole nitrogens is 1. The number of nitrogens with one attached hydrogen (secondary N) is 1. The highest BCUT2D eigenvalue weighted by Crippen LogP contribution is 2.23. The van der Waals surface area contributed by atoms with Gasteiger partial charge in [-0.15, -0.1) is 0 Å². The third-order valence-electron chi connectivity index (χ3n) is 2.39. The highest BCUT2D eigenvalue weighted by molar-refractivity contribution is 9.10. The second-order valence-electron chi connectivity index (χ2n) is 5.21. The zero-order valence-electron chi connectivity index (χ0n) is 9.67. The van der Waals surface area contributed by atoms with Gasteiger partial charge in [0.1, 0.15) is 0 Å². The molecular formula is C12H15BrN2O. The molecule has 1 N–H and O–H groups in total. The average Bonchev–Trinajstić information content (AvgIpc) is 2.44. The van der Waals surface area contributed by atoms with Crippen molar-refractivity contribution in [2.45, 2.75) is 27.3 Å². The quantitative estimate of drug-likeness (QED) is 0.857. The zero-order chi connectivity index (χ0) is 11.9. The van der Waals surface area contributed by atoms with Crippen LogP contribution in [0.2, 0.25) is 0 Å². The minimum atomic E-state index is -0.0446. The molecule has 0 saturated heterocycles. The van der Waals surface area contributed by atoms with Crippen LogP contribution in [0.25, 0.3) is 11.0 Å². The van der Waals surface area contributed by atoms with Crippen LogP contribution in [-0.4, -0.2) is 9.55 Å². The lowest BCUT2D eigenvalue weighted by Crippen LogP contribution is -2.24. The van der Waals surface area contributed by atoms with Gasteiger partial charge in [0, 0.05) is 11.0 Å². The molecule has 1 aromatic heterocycles. The Hall–Kier alpha value is -1.03. The molecule has 0 unspecified atom stereocenters. The Kier molecular flexibility index (Phi) is 2.70. The minimum Gasteiger partial charge on any atom is -0.305 e. The number of aromatic nitrogens is 2. The summed E-state index contributed by atoms with van der Waals surface area (Å²) < 4.78 is 2.72. The van der Waals surface area contributed by atoms with Crippen molar-refractivity contribution in [2.24, 2.45) is 5.41 Å². The minimum absolute atomic E-state index is 0.0446. The van der Waals surface area contributed by atoms with Gasteiger partial charge in [0.2, 0.25) is 0 Å². The molecule has 2 aromatic rings. The van der Waals surface area contributed by atoms with E-state index in [1.54, 1.807) is 4.57 Å². The first kappa shape index (κ1) is 11.5. The number of para-hydroxylation sites is 1. The van der Waals surface area contributed by atoms with Crippen molar-refractivity contribution in [1.82, 2.24) is 9.55 Å². The number of hydrogen-bond donors (Lipinski definition) is 1. The third-order valence-corrected chi connectivity index (χ3v) is 3.05. The molecule has 0 aliphatic heterocycles. The average molecular weight is 283 g/mol. The van der Waals surface area contributed by atoms with Crippen LogP contribution < -0.4 is 5.69 Å². The molecule has 0 aliphatic carbocycles. The summed E-state index contributed by atoms with van der Waals surface area (Å²) in [7, 11) is 0. The van der Waals surface area contributed by atoms with E-state index in [0.717, 1.165) is 15.5 Å². The number of fused-ring (bicyclic) bond motifs is 1. The van der Waals surface area contributed by atoms with E-state index < -0.39 is 0 Å². The Morgan fingerprint density at radius 3 is 2.69 bits per heavy atom. The number of rotatable bonds is 1. The molecule has 0 amide bonds. The van der Waals surface area contributed by atoms with Crippen molar-refractivity contribution >= 4 is 27.0 Å². The molecule has 0 aliphatic rings. The van der Waals surface area contributed by atoms with E-state index in [2.05, 4.69) is 41.7 Å². The topological polar surface area (TPSA) is 37.8 Å². The third kappa shape index (κ3) is 2.07. The second kappa shape index (κ2) is 3.77. The number of hydrogen-bond acceptors (Lipinski definition) is 1. The van der Waals surface area contributed by atoms with Crippen LogP contribution in [0.1, 0.15) is 20.8 Å². The molecule has 1 aromatic carbocycles. The smallest absolute Gasteiger partial charge is 0.305 e. The summed E-state index contributed by atoms with van der Waals surface area (Å²) in [4.78, 5) is 14.7. The van der Waals surface area contributed by atoms with E-state index in [-0.39, 0.29) is 11.1 Å². The van der Waals surface area contributed by atoms with Crippen LogP contribution in [-0.2, 0) is 6.54 Å². The molecule has 3 nitrogen and oxygen atoms in total. The van der Waals surface area contributed by atoms with Crippen LogP contribution in [0, 0.1) is 5.41 Å². The first-order chi connectivity index (χ1) is 7.38. The van der Waals surface area contributed by atoms with Crippen LogP contribution >= 0.6 is 15.9 Å². The van der Waals surface area contributed by atoms with E-state index in [0.29, 0.717) is 6.54 Å². The molecule has 0 radical (unpaired) electrons. The maximum atomic E-state index is 11.9. The van der Waals surface area contributed by atoms with Gasteiger partial charge >= 0.3 is 5.69 Å². The summed E-state index contributed by atoms with van der Waals surface area (Å²) in [5.41, 5.74) is 1.87. The fourth-order valence-corrected chi connectivity index (χ4v) is 2.23. The molecule has 86 valence electrons. The molecule has 2 rings (SSSR count). The number of benzene rings is 1. The highest BCUT2D eigenvalue weighted by atomic mass is 79.9. The Morgan fingerprint density at radius 2 is 2.06 bits per heavy atom. The predicted molar refractivity (Wildman–Crippen MR) is 69.7 cm³/mol. The zero-order valence-corrected chi connectivity index (χ0v) is 11.3. The Morgan fingerprint density at radius 1 is 1.38 bits per heavy atom. The molecular weight excluding hydrogens is 268 g/mol. The van der Waals surface area contributed by atoms with Crippen LogP contribution in [0.15, 0.2) is 27.5 Å². The number of halogens is 1. The summed E-state index contributed by atoms with van der Waals surface area (Å²) in [5.74, 6) is 0. The normalized spacial score (nSPS) is 12.2. The highest BCUT2D eigenvalue weighted by Gasteiger charge is 2.16. The molecule has 1 heterocycles. The maximum absolute atomic E-state index is 11.9. The van der Waals surface area contributed by atoms with Crippen molar-refractivity contribution in [2.75, 3.05) is 0 Å². The first-order valence-electron chi connectivity index (χ1n) is 5.25. The summed E-state index contributed by atoms with van der Waals surface area (Å²) in [5, 5.41) is 0. The van der Waals surface area contributed by atoms with E-state index >= 15 is 0 Å². The SMILES string of the molecule is CC(C)(C)Cn1c(=O)[nH]c2c(Br)cccc21. The fourth-order valence-electron chi connectivity index (χ4n) is 1.78. The Bertz CT molecular complexity index is 575. The van der Waals surface area contributed by atoms with Gasteiger partial charge < -0.3 is 4.98 Å². The van der Waals surface area contributed by atoms with Crippen LogP contribution in [0.3, 0.4) is 0 Å². The van der Waals surface area contributed by atoms with Gasteiger partial charge in [-0.2, -0.15) is 0 Å². The molecule has 0 spiro atoms. The first-order valence-corrected chi connectivity index (χ1v) is 6.05. The largest absolute Gasteiger partial charge is 0.326 e. The fraction of sp³-hybridized carbons (Fsp3) is 0.417. The summed E-state index contributed by atoms with van der Waals surface area (Å²) in [6, 6.07) is 5.84. The Labute approximate surface area is 103 Å². The lowest BCUT2D eigenvalue weighted by molar-refractivity contribution is 0.344. The van der Waals surface area contributed by atoms with Gasteiger partial charge in [0.25, 0.3) is 0 Å². The van der Waals surface area contributed by atoms with E-state index in [1.807, 2.05) is 18.2 Å². The van der Waals surface area contributed by atoms with Crippen molar-refractivity contribution in [1.29, 1.82) is 0 Å². The summed E-state index contributed by atoms with van der Waals surface area (Å²) >= 11 is 3.44. The summed E-state index contributed by atoms with van der Waals surface area (Å²) in [6.45, 7) is 7.07. The standard InChI is InChI=1S/C12H15BrN2O/c1-12(2,3)7-15-9-6-4-5-8(13)10(9)14-11(15)16/h4-6H,7H2,1-3H3,(H,14,16). The van der Waals surface area contributed by atoms with Gasteiger partial charge in [0.05, 0.1) is 11.0 Å². The van der Waals surface area contributed by atoms with Crippen molar-refractivity contribution in [3.63, 3.8) is 0 Å². The van der Waals surface area contributed by atoms with E-state index in [4.69, 9.17) is 0 Å². The molecule has 0 atom stereocenters. The van der Waals surface area contributed by atoms with Gasteiger partial charge in [-0.05, 0) is 33.5 Å². The predicted octanol–water partition coefficient (Wildman–Crippen LogP) is 3.14. The Balaban J connectivity index is 2.66. The van der Waals surface area contributed by atoms with E-state index in [1.165, 1.54) is 0 Å². The van der Waals surface area contributed by atoms with Crippen molar-refractivity contribution in [3.8, 4) is 0 Å². The van der Waals surface area contributed by atoms with Gasteiger partial charge in [-0.1, -0.05) is 26.8 Å². The molecule has 0 saturated carbocycles. The monoisotopic (exact) mass is 282 g/mol. The van der Waals surface area contributed by atoms with Crippen molar-refractivity contribution in [3.05, 3.63) is 33.2 Å². The van der Waals surface area contributed by atoms with Crippen molar-refractivity contribution < 1.29 is 0 Å². The van der Waals surface area contributed by atoms with Gasteiger partial charge in [0.15, 0.2) is 0 Å². The summed E-state index contributed by atoms with van der Waals surface area (Å²) in [6.07, 6.45) is 0. The molecule has 0 fully saturated rings. The lowest BCUT2D eigenvalue weighted by Gasteiger charge is -2.18. The maximum Gasteiger partial charge on any atom is 0.326 e. The molecule has 0 bridgehead atoms. The lowest BCUT2D eigenvalue weighted by atomic mass is 9.97. The van der Waals surface area contributed by atoms with Crippen LogP contribution in [0.5, 0.6) is 0 Å². The number of nitrogens with zero attached hydrogens (tertiary/aromatic N) is 1. The van der Waals surface area contributed by atoms with Gasteiger partial charge in [-0.25, -0.2) is 4.79 Å². The number of aromatic amines is 1. The van der Waals surface area contributed by atoms with Gasteiger partial charge in [-0.3, -0.25) is 4.57 Å². The molecule has 16 heavy (non-hydrogen) atoms. The van der Waals surface area contributed by atoms with E-state index in [9.17, 15) is 4.79 Å². The second-order valence-corrected chi connectivity index (χ2v) is 6.07. The number of imidazole rings is 1.